The number of nitrogens with one attached hydrogen (secondary N) is 1. The fourth-order valence-electron chi connectivity index (χ4n) is 3.96. The maximum Gasteiger partial charge on any atom is 0.234 e. The summed E-state index contributed by atoms with van der Waals surface area (Å²) in [4.78, 5) is 12.8. The third-order valence-corrected chi connectivity index (χ3v) is 6.90. The number of aromatic nitrogens is 3. The number of para-hydroxylation sites is 2. The second-order valence-electron chi connectivity index (χ2n) is 9.10. The normalized spacial score (nSPS) is 11.9. The molecule has 0 bridgehead atoms. The highest BCUT2D eigenvalue weighted by Gasteiger charge is 2.22. The maximum atomic E-state index is 12.8. The van der Waals surface area contributed by atoms with E-state index >= 15 is 0 Å². The van der Waals surface area contributed by atoms with Crippen LogP contribution in [0, 0.1) is 13.8 Å². The molecular formula is C29H32N4O2S. The Labute approximate surface area is 217 Å². The van der Waals surface area contributed by atoms with Crippen molar-refractivity contribution in [1.82, 2.24) is 14.8 Å². The van der Waals surface area contributed by atoms with Crippen LogP contribution in [0.5, 0.6) is 5.75 Å². The molecule has 1 amide bonds. The third-order valence-electron chi connectivity index (χ3n) is 5.97. The van der Waals surface area contributed by atoms with Crippen molar-refractivity contribution < 1.29 is 9.53 Å². The van der Waals surface area contributed by atoms with Crippen molar-refractivity contribution in [2.24, 2.45) is 0 Å². The van der Waals surface area contributed by atoms with Crippen LogP contribution in [-0.2, 0) is 4.79 Å². The lowest BCUT2D eigenvalue weighted by Gasteiger charge is -2.17. The second-order valence-corrected chi connectivity index (χ2v) is 10.0. The van der Waals surface area contributed by atoms with Crippen molar-refractivity contribution in [3.63, 3.8) is 0 Å². The highest BCUT2D eigenvalue weighted by atomic mass is 32.2. The number of amides is 1. The second kappa shape index (κ2) is 11.4. The van der Waals surface area contributed by atoms with E-state index in [1.54, 1.807) is 0 Å². The largest absolute Gasteiger partial charge is 0.483 e. The van der Waals surface area contributed by atoms with Crippen LogP contribution in [0.15, 0.2) is 78.0 Å². The van der Waals surface area contributed by atoms with Gasteiger partial charge >= 0.3 is 0 Å². The molecule has 3 aromatic carbocycles. The van der Waals surface area contributed by atoms with Gasteiger partial charge in [-0.05, 0) is 67.6 Å². The van der Waals surface area contributed by atoms with E-state index in [2.05, 4.69) is 41.5 Å². The van der Waals surface area contributed by atoms with Crippen molar-refractivity contribution in [2.45, 2.75) is 51.8 Å². The van der Waals surface area contributed by atoms with E-state index < -0.39 is 0 Å². The molecule has 6 nitrogen and oxygen atoms in total. The molecule has 4 aromatic rings. The van der Waals surface area contributed by atoms with Gasteiger partial charge in [0.2, 0.25) is 5.91 Å². The molecule has 0 aliphatic carbocycles. The van der Waals surface area contributed by atoms with Gasteiger partial charge in [-0.15, -0.1) is 10.2 Å². The summed E-state index contributed by atoms with van der Waals surface area (Å²) in [5.74, 6) is 2.04. The molecule has 0 fully saturated rings. The number of carbonyl (C=O) groups is 1. The van der Waals surface area contributed by atoms with Gasteiger partial charge in [-0.1, -0.05) is 74.1 Å². The molecule has 1 aromatic heterocycles. The van der Waals surface area contributed by atoms with Gasteiger partial charge in [-0.25, -0.2) is 0 Å². The van der Waals surface area contributed by atoms with Gasteiger partial charge in [-0.3, -0.25) is 9.36 Å². The van der Waals surface area contributed by atoms with Crippen molar-refractivity contribution in [3.8, 4) is 11.4 Å². The molecule has 1 atom stereocenters. The zero-order chi connectivity index (χ0) is 25.7. The first kappa shape index (κ1) is 25.5. The van der Waals surface area contributed by atoms with E-state index in [1.807, 2.05) is 86.0 Å². The van der Waals surface area contributed by atoms with Gasteiger partial charge in [0.15, 0.2) is 17.1 Å². The lowest BCUT2D eigenvalue weighted by molar-refractivity contribution is -0.113. The van der Waals surface area contributed by atoms with Gasteiger partial charge in [0, 0.05) is 11.4 Å². The van der Waals surface area contributed by atoms with Crippen molar-refractivity contribution in [3.05, 3.63) is 95.3 Å². The molecule has 0 aliphatic rings. The number of benzene rings is 3. The quantitative estimate of drug-likeness (QED) is 0.254. The Balaban J connectivity index is 1.53. The SMILES string of the molecule is Cc1cccc(C)c1NC(=O)CSc1nnc(C(C)Oc2ccc(C(C)C)cc2)n1-c1ccccc1. The molecule has 0 aliphatic heterocycles. The zero-order valence-electron chi connectivity index (χ0n) is 21.4. The number of rotatable bonds is 9. The molecule has 1 N–H and O–H groups in total. The van der Waals surface area contributed by atoms with E-state index in [1.165, 1.54) is 17.3 Å². The van der Waals surface area contributed by atoms with Gasteiger partial charge in [0.25, 0.3) is 0 Å². The summed E-state index contributed by atoms with van der Waals surface area (Å²) in [6.45, 7) is 10.3. The van der Waals surface area contributed by atoms with E-state index in [9.17, 15) is 4.79 Å². The Kier molecular flexibility index (Phi) is 8.10. The van der Waals surface area contributed by atoms with Crippen LogP contribution >= 0.6 is 11.8 Å². The number of carbonyl (C=O) groups excluding carboxylic acids is 1. The molecule has 0 saturated heterocycles. The Morgan fingerprint density at radius 2 is 1.58 bits per heavy atom. The number of thioether (sulfide) groups is 1. The first-order valence-electron chi connectivity index (χ1n) is 12.1. The molecule has 0 radical (unpaired) electrons. The molecular weight excluding hydrogens is 468 g/mol. The van der Waals surface area contributed by atoms with E-state index in [0.29, 0.717) is 16.9 Å². The average molecular weight is 501 g/mol. The van der Waals surface area contributed by atoms with Gasteiger partial charge in [-0.2, -0.15) is 0 Å². The van der Waals surface area contributed by atoms with E-state index in [4.69, 9.17) is 4.74 Å². The van der Waals surface area contributed by atoms with Crippen molar-refractivity contribution in [2.75, 3.05) is 11.1 Å². The standard InChI is InChI=1S/C29H32N4O2S/c1-19(2)23-14-16-25(17-15-23)35-22(5)28-31-32-29(33(28)24-12-7-6-8-13-24)36-18-26(34)30-27-20(3)10-9-11-21(27)4/h6-17,19,22H,18H2,1-5H3,(H,30,34). The van der Waals surface area contributed by atoms with Crippen LogP contribution < -0.4 is 10.1 Å². The van der Waals surface area contributed by atoms with Gasteiger partial charge < -0.3 is 10.1 Å². The molecule has 36 heavy (non-hydrogen) atoms. The Morgan fingerprint density at radius 3 is 2.22 bits per heavy atom. The average Bonchev–Trinajstić information content (AvgIpc) is 3.30. The van der Waals surface area contributed by atoms with Crippen LogP contribution in [0.1, 0.15) is 55.3 Å². The number of anilines is 1. The van der Waals surface area contributed by atoms with Crippen LogP contribution in [0.3, 0.4) is 0 Å². The molecule has 0 saturated carbocycles. The maximum absolute atomic E-state index is 12.8. The number of ether oxygens (including phenoxy) is 1. The number of nitrogens with zero attached hydrogens (tertiary/aromatic N) is 3. The Morgan fingerprint density at radius 1 is 0.917 bits per heavy atom. The molecule has 4 rings (SSSR count). The first-order valence-corrected chi connectivity index (χ1v) is 13.1. The zero-order valence-corrected chi connectivity index (χ0v) is 22.2. The highest BCUT2D eigenvalue weighted by Crippen LogP contribution is 2.29. The summed E-state index contributed by atoms with van der Waals surface area (Å²) in [5.41, 5.74) is 5.12. The minimum absolute atomic E-state index is 0.0869. The topological polar surface area (TPSA) is 69.0 Å². The summed E-state index contributed by atoms with van der Waals surface area (Å²) in [7, 11) is 0. The minimum Gasteiger partial charge on any atom is -0.483 e. The monoisotopic (exact) mass is 500 g/mol. The van der Waals surface area contributed by atoms with Crippen molar-refractivity contribution in [1.29, 1.82) is 0 Å². The van der Waals surface area contributed by atoms with Gasteiger partial charge in [0.05, 0.1) is 5.75 Å². The number of hydrogen-bond donors (Lipinski definition) is 1. The molecule has 186 valence electrons. The fourth-order valence-corrected chi connectivity index (χ4v) is 4.72. The van der Waals surface area contributed by atoms with Crippen LogP contribution in [0.4, 0.5) is 5.69 Å². The molecule has 1 heterocycles. The fraction of sp³-hybridized carbons (Fsp3) is 0.276. The lowest BCUT2D eigenvalue weighted by Crippen LogP contribution is -2.16. The highest BCUT2D eigenvalue weighted by molar-refractivity contribution is 7.99. The van der Waals surface area contributed by atoms with E-state index in [0.717, 1.165) is 28.3 Å². The molecule has 1 unspecified atom stereocenters. The summed E-state index contributed by atoms with van der Waals surface area (Å²) >= 11 is 1.35. The third kappa shape index (κ3) is 5.97. The van der Waals surface area contributed by atoms with Crippen LogP contribution in [0.2, 0.25) is 0 Å². The summed E-state index contributed by atoms with van der Waals surface area (Å²) < 4.78 is 8.19. The number of hydrogen-bond acceptors (Lipinski definition) is 5. The number of aryl methyl sites for hydroxylation is 2. The van der Waals surface area contributed by atoms with Crippen LogP contribution in [0.25, 0.3) is 5.69 Å². The van der Waals surface area contributed by atoms with Crippen molar-refractivity contribution >= 4 is 23.4 Å². The smallest absolute Gasteiger partial charge is 0.234 e. The van der Waals surface area contributed by atoms with Gasteiger partial charge in [0.1, 0.15) is 5.75 Å². The predicted octanol–water partition coefficient (Wildman–Crippen LogP) is 6.88. The minimum atomic E-state index is -0.347. The molecule has 0 spiro atoms. The summed E-state index contributed by atoms with van der Waals surface area (Å²) in [6.07, 6.45) is -0.347. The Hall–Kier alpha value is -3.58. The first-order chi connectivity index (χ1) is 17.3. The summed E-state index contributed by atoms with van der Waals surface area (Å²) in [6, 6.07) is 24.0. The predicted molar refractivity (Wildman–Crippen MR) is 146 cm³/mol. The lowest BCUT2D eigenvalue weighted by atomic mass is 10.0. The van der Waals surface area contributed by atoms with Crippen LogP contribution in [-0.4, -0.2) is 26.4 Å². The summed E-state index contributed by atoms with van der Waals surface area (Å²) in [5, 5.41) is 12.6. The Bertz CT molecular complexity index is 1300. The van der Waals surface area contributed by atoms with E-state index in [-0.39, 0.29) is 17.8 Å². The molecule has 7 heteroatoms.